The van der Waals surface area contributed by atoms with E-state index in [4.69, 9.17) is 21.2 Å². The van der Waals surface area contributed by atoms with E-state index in [0.717, 1.165) is 44.9 Å². The molecule has 1 aromatic rings. The van der Waals surface area contributed by atoms with Crippen LogP contribution < -0.4 is 11.1 Å². The van der Waals surface area contributed by atoms with Crippen LogP contribution in [0.25, 0.3) is 0 Å². The molecule has 1 aliphatic heterocycles. The number of nitrogens with one attached hydrogen (secondary N) is 1. The summed E-state index contributed by atoms with van der Waals surface area (Å²) in [5.41, 5.74) is 4.93. The van der Waals surface area contributed by atoms with Crippen LogP contribution in [-0.2, 0) is 4.79 Å². The van der Waals surface area contributed by atoms with Crippen LogP contribution in [-0.4, -0.2) is 62.4 Å². The molecule has 0 radical (unpaired) electrons. The van der Waals surface area contributed by atoms with Gasteiger partial charge in [0.25, 0.3) is 0 Å². The van der Waals surface area contributed by atoms with Crippen LogP contribution in [0.3, 0.4) is 0 Å². The Morgan fingerprint density at radius 1 is 1.24 bits per heavy atom. The maximum Gasteiger partial charge on any atom is 0.339 e. The number of carbonyl (C=O) groups excluding carboxylic acids is 1. The van der Waals surface area contributed by atoms with E-state index in [0.29, 0.717) is 30.6 Å². The molecule has 1 saturated heterocycles. The largest absolute Gasteiger partial charge is 0.507 e. The molecule has 1 heterocycles. The number of phenols is 1. The third-order valence-corrected chi connectivity index (χ3v) is 7.62. The van der Waals surface area contributed by atoms with E-state index in [2.05, 4.69) is 11.4 Å². The van der Waals surface area contributed by atoms with Crippen molar-refractivity contribution in [1.82, 2.24) is 10.2 Å². The Balaban J connectivity index is 0.000000200. The second-order valence-electron chi connectivity index (χ2n) is 10.3. The number of carbonyl (C=O) groups is 2. The summed E-state index contributed by atoms with van der Waals surface area (Å²) < 4.78 is 0. The number of nitriles is 1. The zero-order chi connectivity index (χ0) is 23.8. The predicted octanol–water partition coefficient (Wildman–Crippen LogP) is 1.85. The monoisotopic (exact) mass is 456 g/mol. The van der Waals surface area contributed by atoms with Gasteiger partial charge >= 0.3 is 5.97 Å². The van der Waals surface area contributed by atoms with Crippen molar-refractivity contribution in [1.29, 1.82) is 5.26 Å². The molecule has 6 N–H and O–H groups in total. The van der Waals surface area contributed by atoms with Gasteiger partial charge in [-0.3, -0.25) is 4.79 Å². The minimum Gasteiger partial charge on any atom is -0.507 e. The highest BCUT2D eigenvalue weighted by atomic mass is 16.4. The average Bonchev–Trinajstić information content (AvgIpc) is 3.19. The molecule has 4 aliphatic carbocycles. The number of nitrogen functional groups attached to an aromatic ring is 1. The lowest BCUT2D eigenvalue weighted by Crippen LogP contribution is -2.65. The van der Waals surface area contributed by atoms with Gasteiger partial charge in [-0.15, -0.1) is 0 Å². The van der Waals surface area contributed by atoms with Crippen molar-refractivity contribution >= 4 is 17.6 Å². The Labute approximate surface area is 193 Å². The number of carboxylic acid groups (broad SMARTS) is 1. The van der Waals surface area contributed by atoms with Crippen molar-refractivity contribution < 1.29 is 24.9 Å². The van der Waals surface area contributed by atoms with Crippen molar-refractivity contribution in [2.45, 2.75) is 68.5 Å². The van der Waals surface area contributed by atoms with Crippen molar-refractivity contribution in [3.63, 3.8) is 0 Å². The Kier molecular flexibility index (Phi) is 6.25. The topological polar surface area (TPSA) is 160 Å². The molecule has 1 aromatic carbocycles. The van der Waals surface area contributed by atoms with E-state index >= 15 is 0 Å². The lowest BCUT2D eigenvalue weighted by molar-refractivity contribution is -0.147. The zero-order valence-electron chi connectivity index (χ0n) is 18.7. The van der Waals surface area contributed by atoms with Gasteiger partial charge in [-0.1, -0.05) is 0 Å². The lowest BCUT2D eigenvalue weighted by Gasteiger charge is -2.60. The Morgan fingerprint density at radius 2 is 1.94 bits per heavy atom. The summed E-state index contributed by atoms with van der Waals surface area (Å²) in [6, 6.07) is 5.87. The van der Waals surface area contributed by atoms with E-state index in [9.17, 15) is 14.7 Å². The highest BCUT2D eigenvalue weighted by Crippen LogP contribution is 2.57. The molecule has 0 aromatic heterocycles. The molecular formula is C24H32N4O5. The third-order valence-electron chi connectivity index (χ3n) is 7.62. The lowest BCUT2D eigenvalue weighted by atomic mass is 9.51. The number of likely N-dealkylation sites (tertiary alicyclic amines) is 1. The van der Waals surface area contributed by atoms with Crippen LogP contribution >= 0.6 is 0 Å². The number of nitrogens with zero attached hydrogens (tertiary/aromatic N) is 2. The van der Waals surface area contributed by atoms with Gasteiger partial charge in [0.05, 0.1) is 18.2 Å². The molecule has 5 fully saturated rings. The van der Waals surface area contributed by atoms with Gasteiger partial charge in [0.15, 0.2) is 0 Å². The van der Waals surface area contributed by atoms with Crippen LogP contribution in [0.4, 0.5) is 5.69 Å². The van der Waals surface area contributed by atoms with Crippen molar-refractivity contribution in [2.24, 2.45) is 11.8 Å². The number of benzene rings is 1. The van der Waals surface area contributed by atoms with E-state index in [-0.39, 0.29) is 28.8 Å². The molecule has 178 valence electrons. The van der Waals surface area contributed by atoms with Gasteiger partial charge in [-0.2, -0.15) is 5.26 Å². The number of aromatic carboxylic acids is 1. The number of anilines is 1. The van der Waals surface area contributed by atoms with E-state index in [1.54, 1.807) is 4.90 Å². The molecule has 5 aliphatic rings. The van der Waals surface area contributed by atoms with Gasteiger partial charge < -0.3 is 31.3 Å². The first-order valence-corrected chi connectivity index (χ1v) is 11.6. The molecule has 4 bridgehead atoms. The van der Waals surface area contributed by atoms with Gasteiger partial charge in [-0.05, 0) is 75.3 Å². The summed E-state index contributed by atoms with van der Waals surface area (Å²) in [5, 5.41) is 40.8. The number of aliphatic hydroxyl groups is 1. The summed E-state index contributed by atoms with van der Waals surface area (Å²) in [6.45, 7) is 1.02. The molecule has 0 spiro atoms. The number of rotatable bonds is 4. The van der Waals surface area contributed by atoms with E-state index < -0.39 is 11.6 Å². The Bertz CT molecular complexity index is 960. The second-order valence-corrected chi connectivity index (χ2v) is 10.3. The summed E-state index contributed by atoms with van der Waals surface area (Å²) in [6.07, 6.45) is 7.87. The first-order valence-electron chi connectivity index (χ1n) is 11.6. The van der Waals surface area contributed by atoms with Crippen molar-refractivity contribution in [2.75, 3.05) is 18.8 Å². The quantitative estimate of drug-likeness (QED) is 0.429. The molecule has 4 saturated carbocycles. The van der Waals surface area contributed by atoms with Crippen molar-refractivity contribution in [3.8, 4) is 11.8 Å². The summed E-state index contributed by atoms with van der Waals surface area (Å²) in [5.74, 6) is -0.188. The van der Waals surface area contributed by atoms with Gasteiger partial charge in [0, 0.05) is 23.8 Å². The highest BCUT2D eigenvalue weighted by molar-refractivity contribution is 5.91. The number of hydrogen-bond acceptors (Lipinski definition) is 7. The molecule has 9 heteroatoms. The molecule has 33 heavy (non-hydrogen) atoms. The third kappa shape index (κ3) is 4.92. The van der Waals surface area contributed by atoms with Gasteiger partial charge in [0.2, 0.25) is 5.91 Å². The first-order chi connectivity index (χ1) is 15.6. The first kappa shape index (κ1) is 23.3. The fourth-order valence-corrected chi connectivity index (χ4v) is 6.71. The fourth-order valence-electron chi connectivity index (χ4n) is 6.71. The summed E-state index contributed by atoms with van der Waals surface area (Å²) >= 11 is 0. The smallest absolute Gasteiger partial charge is 0.339 e. The van der Waals surface area contributed by atoms with Crippen LogP contribution in [0.1, 0.15) is 61.7 Å². The minimum absolute atomic E-state index is 0.0453. The number of aromatic hydroxyl groups is 1. The molecule has 1 amide bonds. The van der Waals surface area contributed by atoms with E-state index in [1.807, 2.05) is 0 Å². The highest BCUT2D eigenvalue weighted by Gasteiger charge is 2.57. The molecule has 2 unspecified atom stereocenters. The number of nitrogens with two attached hydrogens (primary N) is 1. The normalized spacial score (nSPS) is 33.8. The van der Waals surface area contributed by atoms with Crippen LogP contribution in [0.2, 0.25) is 0 Å². The standard InChI is InChI=1S/C17H25N3O2.C7H7NO3/c18-9-14-2-1-3-20(14)15(21)10-19-16-5-12-4-13(6-16)8-17(22,7-12)11-16;8-4-1-2-5(7(10)11)6(9)3-4/h12-14,19,22H,1-8,10-11H2;1-3,9H,8H2,(H,10,11)/t12?,13?,14-,16?,17?;/m0./s1. The van der Waals surface area contributed by atoms with Gasteiger partial charge in [0.1, 0.15) is 17.4 Å². The number of amides is 1. The predicted molar refractivity (Wildman–Crippen MR) is 120 cm³/mol. The molecular weight excluding hydrogens is 424 g/mol. The SMILES string of the molecule is N#C[C@@H]1CCCN1C(=O)CNC12CC3CC(CC(O)(C3)C1)C2.Nc1ccc(C(=O)O)c(O)c1. The van der Waals surface area contributed by atoms with Crippen molar-refractivity contribution in [3.05, 3.63) is 23.8 Å². The van der Waals surface area contributed by atoms with Crippen LogP contribution in [0.15, 0.2) is 18.2 Å². The minimum atomic E-state index is -1.16. The maximum absolute atomic E-state index is 12.4. The summed E-state index contributed by atoms with van der Waals surface area (Å²) in [4.78, 5) is 24.5. The van der Waals surface area contributed by atoms with Gasteiger partial charge in [-0.25, -0.2) is 4.79 Å². The summed E-state index contributed by atoms with van der Waals surface area (Å²) in [7, 11) is 0. The second kappa shape index (κ2) is 8.84. The fraction of sp³-hybridized carbons (Fsp3) is 0.625. The number of carboxylic acids is 1. The average molecular weight is 457 g/mol. The maximum atomic E-state index is 12.4. The zero-order valence-corrected chi connectivity index (χ0v) is 18.7. The number of hydrogen-bond donors (Lipinski definition) is 5. The van der Waals surface area contributed by atoms with E-state index in [1.165, 1.54) is 24.6 Å². The molecule has 9 nitrogen and oxygen atoms in total. The Hall–Kier alpha value is -2.83. The molecule has 3 atom stereocenters. The Morgan fingerprint density at radius 3 is 2.52 bits per heavy atom. The molecule has 6 rings (SSSR count). The van der Waals surface area contributed by atoms with Crippen LogP contribution in [0, 0.1) is 23.2 Å². The van der Waals surface area contributed by atoms with Crippen LogP contribution in [0.5, 0.6) is 5.75 Å².